The fourth-order valence-electron chi connectivity index (χ4n) is 2.24. The van der Waals surface area contributed by atoms with E-state index in [1.54, 1.807) is 49.1 Å². The summed E-state index contributed by atoms with van der Waals surface area (Å²) in [6.07, 6.45) is 0.897. The quantitative estimate of drug-likeness (QED) is 0.107. The molecule has 2 N–H and O–H groups in total. The minimum atomic E-state index is -0.389. The normalized spacial score (nSPS) is 10.8. The van der Waals surface area contributed by atoms with Gasteiger partial charge in [0, 0.05) is 36.7 Å². The van der Waals surface area contributed by atoms with E-state index >= 15 is 0 Å². The number of aliphatic imine (C=N–C) groups is 1. The molecule has 0 aliphatic carbocycles. The van der Waals surface area contributed by atoms with Crippen LogP contribution in [-0.4, -0.2) is 30.2 Å². The standard InChI is InChI=1S/C18H21FN4O2S.HI/c1-20-18(22-13-14-5-2-3-6-17(14)23(24)25)21-11-4-12-26-16-9-7-15(19)8-10-16;/h2-3,5-10H,4,11-13H2,1H3,(H2,20,21,22);1H. The Morgan fingerprint density at radius 3 is 2.56 bits per heavy atom. The van der Waals surface area contributed by atoms with E-state index in [1.165, 1.54) is 18.2 Å². The first-order chi connectivity index (χ1) is 12.6. The van der Waals surface area contributed by atoms with E-state index in [1.807, 2.05) is 0 Å². The molecule has 0 fully saturated rings. The summed E-state index contributed by atoms with van der Waals surface area (Å²) >= 11 is 1.66. The highest BCUT2D eigenvalue weighted by atomic mass is 127. The van der Waals surface area contributed by atoms with Crippen LogP contribution < -0.4 is 10.6 Å². The van der Waals surface area contributed by atoms with Gasteiger partial charge >= 0.3 is 0 Å². The largest absolute Gasteiger partial charge is 0.356 e. The zero-order chi connectivity index (χ0) is 18.8. The van der Waals surface area contributed by atoms with Crippen molar-refractivity contribution in [1.82, 2.24) is 10.6 Å². The molecule has 2 aromatic rings. The Morgan fingerprint density at radius 1 is 1.19 bits per heavy atom. The molecule has 0 atom stereocenters. The second-order valence-corrected chi connectivity index (χ2v) is 6.56. The van der Waals surface area contributed by atoms with Gasteiger partial charge in [-0.25, -0.2) is 4.39 Å². The molecule has 0 aliphatic heterocycles. The Bertz CT molecular complexity index is 759. The molecule has 2 aromatic carbocycles. The Morgan fingerprint density at radius 2 is 1.89 bits per heavy atom. The van der Waals surface area contributed by atoms with Crippen molar-refractivity contribution in [3.8, 4) is 0 Å². The summed E-state index contributed by atoms with van der Waals surface area (Å²) < 4.78 is 12.8. The number of halogens is 2. The topological polar surface area (TPSA) is 79.6 Å². The molecule has 0 saturated carbocycles. The highest BCUT2D eigenvalue weighted by Gasteiger charge is 2.12. The molecule has 0 spiro atoms. The number of benzene rings is 2. The summed E-state index contributed by atoms with van der Waals surface area (Å²) in [7, 11) is 1.65. The van der Waals surface area contributed by atoms with E-state index < -0.39 is 0 Å². The van der Waals surface area contributed by atoms with Crippen LogP contribution >= 0.6 is 35.7 Å². The molecule has 0 heterocycles. The Kier molecular flexibility index (Phi) is 10.7. The van der Waals surface area contributed by atoms with Gasteiger partial charge in [0.25, 0.3) is 5.69 Å². The average Bonchev–Trinajstić information content (AvgIpc) is 2.65. The van der Waals surface area contributed by atoms with Crippen molar-refractivity contribution in [3.63, 3.8) is 0 Å². The number of hydrogen-bond acceptors (Lipinski definition) is 4. The number of guanidine groups is 1. The molecule has 6 nitrogen and oxygen atoms in total. The lowest BCUT2D eigenvalue weighted by atomic mass is 10.2. The van der Waals surface area contributed by atoms with Crippen molar-refractivity contribution < 1.29 is 9.31 Å². The van der Waals surface area contributed by atoms with Gasteiger partial charge in [-0.2, -0.15) is 0 Å². The molecular weight excluding hydrogens is 482 g/mol. The molecule has 0 unspecified atom stereocenters. The Hall–Kier alpha value is -1.88. The van der Waals surface area contributed by atoms with Crippen LogP contribution in [-0.2, 0) is 6.54 Å². The lowest BCUT2D eigenvalue weighted by Crippen LogP contribution is -2.37. The number of rotatable bonds is 8. The molecule has 0 aliphatic rings. The van der Waals surface area contributed by atoms with E-state index in [0.29, 0.717) is 24.6 Å². The maximum Gasteiger partial charge on any atom is 0.274 e. The van der Waals surface area contributed by atoms with E-state index in [-0.39, 0.29) is 40.4 Å². The molecule has 0 bridgehead atoms. The van der Waals surface area contributed by atoms with Crippen LogP contribution in [0.1, 0.15) is 12.0 Å². The SMILES string of the molecule is CN=C(NCCCSc1ccc(F)cc1)NCc1ccccc1[N+](=O)[O-].I. The third kappa shape index (κ3) is 8.12. The molecular formula is C18H22FIN4O2S. The number of nitro benzene ring substituents is 1. The van der Waals surface area contributed by atoms with Gasteiger partial charge in [-0.3, -0.25) is 15.1 Å². The molecule has 0 radical (unpaired) electrons. The minimum Gasteiger partial charge on any atom is -0.356 e. The van der Waals surface area contributed by atoms with E-state index in [2.05, 4.69) is 15.6 Å². The first-order valence-corrected chi connectivity index (χ1v) is 9.14. The number of nitrogens with one attached hydrogen (secondary N) is 2. The summed E-state index contributed by atoms with van der Waals surface area (Å²) in [5.41, 5.74) is 0.693. The van der Waals surface area contributed by atoms with Crippen molar-refractivity contribution >= 4 is 47.4 Å². The Labute approximate surface area is 179 Å². The van der Waals surface area contributed by atoms with Crippen molar-refractivity contribution in [2.24, 2.45) is 4.99 Å². The average molecular weight is 504 g/mol. The number of hydrogen-bond donors (Lipinski definition) is 2. The van der Waals surface area contributed by atoms with Gasteiger partial charge in [-0.15, -0.1) is 35.7 Å². The first-order valence-electron chi connectivity index (χ1n) is 8.15. The zero-order valence-electron chi connectivity index (χ0n) is 14.9. The third-order valence-electron chi connectivity index (χ3n) is 3.55. The van der Waals surface area contributed by atoms with Crippen LogP contribution in [0.3, 0.4) is 0 Å². The summed E-state index contributed by atoms with van der Waals surface area (Å²) in [6, 6.07) is 13.1. The van der Waals surface area contributed by atoms with Crippen LogP contribution in [0.5, 0.6) is 0 Å². The molecule has 27 heavy (non-hydrogen) atoms. The molecule has 9 heteroatoms. The number of nitrogens with zero attached hydrogens (tertiary/aromatic N) is 2. The first kappa shape index (κ1) is 23.2. The number of para-hydroxylation sites is 1. The summed E-state index contributed by atoms with van der Waals surface area (Å²) in [4.78, 5) is 15.8. The third-order valence-corrected chi connectivity index (χ3v) is 4.65. The van der Waals surface area contributed by atoms with Gasteiger partial charge in [-0.05, 0) is 36.4 Å². The fourth-order valence-corrected chi connectivity index (χ4v) is 3.09. The van der Waals surface area contributed by atoms with Crippen molar-refractivity contribution in [2.75, 3.05) is 19.3 Å². The van der Waals surface area contributed by atoms with E-state index in [9.17, 15) is 14.5 Å². The van der Waals surface area contributed by atoms with Gasteiger partial charge < -0.3 is 10.6 Å². The molecule has 146 valence electrons. The second kappa shape index (κ2) is 12.5. The van der Waals surface area contributed by atoms with Crippen molar-refractivity contribution in [2.45, 2.75) is 17.9 Å². The summed E-state index contributed by atoms with van der Waals surface area (Å²) in [5, 5.41) is 17.3. The van der Waals surface area contributed by atoms with Gasteiger partial charge in [0.1, 0.15) is 5.82 Å². The number of thioether (sulfide) groups is 1. The number of nitro groups is 1. The smallest absolute Gasteiger partial charge is 0.274 e. The van der Waals surface area contributed by atoms with Crippen molar-refractivity contribution in [3.05, 3.63) is 70.0 Å². The minimum absolute atomic E-state index is 0. The van der Waals surface area contributed by atoms with E-state index in [0.717, 1.165) is 17.1 Å². The maximum atomic E-state index is 12.8. The lowest BCUT2D eigenvalue weighted by molar-refractivity contribution is -0.385. The maximum absolute atomic E-state index is 12.8. The molecule has 2 rings (SSSR count). The zero-order valence-corrected chi connectivity index (χ0v) is 18.0. The van der Waals surface area contributed by atoms with E-state index in [4.69, 9.17) is 0 Å². The van der Waals surface area contributed by atoms with Crippen LogP contribution in [0.15, 0.2) is 58.4 Å². The van der Waals surface area contributed by atoms with Gasteiger partial charge in [-0.1, -0.05) is 18.2 Å². The summed E-state index contributed by atoms with van der Waals surface area (Å²) in [6.45, 7) is 1.03. The highest BCUT2D eigenvalue weighted by molar-refractivity contribution is 14.0. The predicted molar refractivity (Wildman–Crippen MR) is 118 cm³/mol. The summed E-state index contributed by atoms with van der Waals surface area (Å²) in [5.74, 6) is 1.25. The van der Waals surface area contributed by atoms with Crippen LogP contribution in [0.25, 0.3) is 0 Å². The second-order valence-electron chi connectivity index (χ2n) is 5.39. The highest BCUT2D eigenvalue weighted by Crippen LogP contribution is 2.18. The van der Waals surface area contributed by atoms with Crippen LogP contribution in [0, 0.1) is 15.9 Å². The monoisotopic (exact) mass is 504 g/mol. The van der Waals surface area contributed by atoms with Gasteiger partial charge in [0.05, 0.1) is 4.92 Å². The molecule has 0 amide bonds. The fraction of sp³-hybridized carbons (Fsp3) is 0.278. The lowest BCUT2D eigenvalue weighted by Gasteiger charge is -2.12. The predicted octanol–water partition coefficient (Wildman–Crippen LogP) is 4.20. The molecule has 0 saturated heterocycles. The van der Waals surface area contributed by atoms with Crippen LogP contribution in [0.2, 0.25) is 0 Å². The van der Waals surface area contributed by atoms with Gasteiger partial charge in [0.2, 0.25) is 0 Å². The molecule has 0 aromatic heterocycles. The van der Waals surface area contributed by atoms with Crippen LogP contribution in [0.4, 0.5) is 10.1 Å². The Balaban J connectivity index is 0.00000364. The van der Waals surface area contributed by atoms with Gasteiger partial charge in [0.15, 0.2) is 5.96 Å². The van der Waals surface area contributed by atoms with Crippen molar-refractivity contribution in [1.29, 1.82) is 0 Å².